The zero-order valence-electron chi connectivity index (χ0n) is 20.1. The van der Waals surface area contributed by atoms with Crippen LogP contribution in [0.5, 0.6) is 0 Å². The molecule has 3 aromatic rings. The molecule has 1 unspecified atom stereocenters. The second kappa shape index (κ2) is 8.54. The summed E-state index contributed by atoms with van der Waals surface area (Å²) in [5.74, 6) is -3.02. The van der Waals surface area contributed by atoms with Gasteiger partial charge in [0.2, 0.25) is 0 Å². The van der Waals surface area contributed by atoms with Crippen LogP contribution >= 0.6 is 0 Å². The van der Waals surface area contributed by atoms with E-state index in [1.165, 1.54) is 10.5 Å². The van der Waals surface area contributed by atoms with Crippen molar-refractivity contribution < 1.29 is 18.4 Å². The average molecular weight is 491 g/mol. The van der Waals surface area contributed by atoms with Gasteiger partial charge in [0.1, 0.15) is 5.82 Å². The van der Waals surface area contributed by atoms with Gasteiger partial charge >= 0.3 is 11.8 Å². The number of carbonyl (C=O) groups is 2. The van der Waals surface area contributed by atoms with E-state index in [1.54, 1.807) is 11.1 Å². The van der Waals surface area contributed by atoms with E-state index in [4.69, 9.17) is 0 Å². The summed E-state index contributed by atoms with van der Waals surface area (Å²) in [5.41, 5.74) is 5.32. The van der Waals surface area contributed by atoms with E-state index < -0.39 is 30.6 Å². The molecular formula is C28H28F2N4O2. The normalized spacial score (nSPS) is 24.5. The van der Waals surface area contributed by atoms with E-state index in [0.29, 0.717) is 11.7 Å². The molecule has 2 amide bonds. The highest BCUT2D eigenvalue weighted by atomic mass is 19.3. The number of nitrogens with zero attached hydrogens (tertiary/aromatic N) is 3. The Kier molecular flexibility index (Phi) is 5.43. The summed E-state index contributed by atoms with van der Waals surface area (Å²) >= 11 is 0. The van der Waals surface area contributed by atoms with E-state index in [9.17, 15) is 18.4 Å². The molecule has 3 fully saturated rings. The van der Waals surface area contributed by atoms with Gasteiger partial charge in [-0.2, -0.15) is 0 Å². The lowest BCUT2D eigenvalue weighted by atomic mass is 10.0. The highest BCUT2D eigenvalue weighted by molar-refractivity contribution is 6.35. The maximum atomic E-state index is 13.5. The minimum Gasteiger partial charge on any atom is -0.340 e. The van der Waals surface area contributed by atoms with Crippen molar-refractivity contribution in [3.63, 3.8) is 0 Å². The number of H-pyrrole nitrogens is 1. The number of aromatic amines is 1. The number of nitrogens with one attached hydrogen (secondary N) is 1. The first-order valence-electron chi connectivity index (χ1n) is 12.5. The molecule has 2 saturated heterocycles. The van der Waals surface area contributed by atoms with E-state index >= 15 is 0 Å². The third-order valence-electron chi connectivity index (χ3n) is 7.80. The monoisotopic (exact) mass is 490 g/mol. The van der Waals surface area contributed by atoms with Gasteiger partial charge in [-0.05, 0) is 42.4 Å². The number of piperidine rings is 2. The Morgan fingerprint density at radius 2 is 1.53 bits per heavy atom. The van der Waals surface area contributed by atoms with Crippen LogP contribution in [0, 0.1) is 12.8 Å². The lowest BCUT2D eigenvalue weighted by molar-refractivity contribution is -0.156. The number of rotatable bonds is 3. The van der Waals surface area contributed by atoms with Crippen LogP contribution in [-0.2, 0) is 9.59 Å². The summed E-state index contributed by atoms with van der Waals surface area (Å²) in [5, 5.41) is 0. The quantitative estimate of drug-likeness (QED) is 0.527. The Hall–Kier alpha value is -3.55. The summed E-state index contributed by atoms with van der Waals surface area (Å²) in [6, 6.07) is 16.3. The van der Waals surface area contributed by atoms with Crippen molar-refractivity contribution >= 4 is 11.8 Å². The number of aryl methyl sites for hydroxylation is 1. The molecule has 1 N–H and O–H groups in total. The Labute approximate surface area is 208 Å². The van der Waals surface area contributed by atoms with Gasteiger partial charge in [-0.1, -0.05) is 54.1 Å². The van der Waals surface area contributed by atoms with Gasteiger partial charge in [0, 0.05) is 32.0 Å². The Morgan fingerprint density at radius 1 is 0.917 bits per heavy atom. The standard InChI is InChI=1S/C28H28F2N4O2/c1-17-2-4-18(5-3-17)19-6-8-20(9-7-19)22-16-31-25(32-22)24-15-21-14-23(21)34(24)27(36)26(35)33-12-10-28(29,30)11-13-33/h2-9,16,21,23-24H,10-15H2,1H3,(H,31,32)/t21-,23?,24-/m0/s1. The van der Waals surface area contributed by atoms with Crippen molar-refractivity contribution in [2.24, 2.45) is 5.92 Å². The van der Waals surface area contributed by atoms with Gasteiger partial charge in [0.05, 0.1) is 17.9 Å². The molecule has 2 aromatic carbocycles. The van der Waals surface area contributed by atoms with Crippen molar-refractivity contribution in [2.45, 2.75) is 50.6 Å². The molecular weight excluding hydrogens is 462 g/mol. The van der Waals surface area contributed by atoms with Crippen LogP contribution in [-0.4, -0.2) is 56.6 Å². The molecule has 0 bridgehead atoms. The summed E-state index contributed by atoms with van der Waals surface area (Å²) in [6.07, 6.45) is 2.59. The lowest BCUT2D eigenvalue weighted by Gasteiger charge is -2.33. The minimum absolute atomic E-state index is 0.0278. The molecule has 36 heavy (non-hydrogen) atoms. The molecule has 8 heteroatoms. The molecule has 0 radical (unpaired) electrons. The van der Waals surface area contributed by atoms with E-state index in [-0.39, 0.29) is 25.2 Å². The summed E-state index contributed by atoms with van der Waals surface area (Å²) in [7, 11) is 0. The molecule has 3 aliphatic rings. The van der Waals surface area contributed by atoms with Crippen LogP contribution in [0.1, 0.15) is 43.1 Å². The molecule has 1 saturated carbocycles. The fraction of sp³-hybridized carbons (Fsp3) is 0.393. The van der Waals surface area contributed by atoms with E-state index in [1.807, 2.05) is 12.1 Å². The van der Waals surface area contributed by atoms with E-state index in [0.717, 1.165) is 35.2 Å². The number of alkyl halides is 2. The summed E-state index contributed by atoms with van der Waals surface area (Å²) < 4.78 is 27.0. The number of imidazole rings is 1. The second-order valence-electron chi connectivity index (χ2n) is 10.3. The van der Waals surface area contributed by atoms with Gasteiger partial charge in [-0.15, -0.1) is 0 Å². The van der Waals surface area contributed by atoms with Gasteiger partial charge in [-0.25, -0.2) is 13.8 Å². The van der Waals surface area contributed by atoms with E-state index in [2.05, 4.69) is 53.3 Å². The molecule has 0 spiro atoms. The third kappa shape index (κ3) is 4.18. The van der Waals surface area contributed by atoms with Gasteiger partial charge in [-0.3, -0.25) is 9.59 Å². The highest BCUT2D eigenvalue weighted by Crippen LogP contribution is 2.53. The largest absolute Gasteiger partial charge is 0.340 e. The number of aromatic nitrogens is 2. The molecule has 6 nitrogen and oxygen atoms in total. The number of halogens is 2. The molecule has 3 heterocycles. The smallest absolute Gasteiger partial charge is 0.312 e. The van der Waals surface area contributed by atoms with Crippen molar-refractivity contribution in [3.05, 3.63) is 66.1 Å². The van der Waals surface area contributed by atoms with Gasteiger partial charge in [0.25, 0.3) is 5.92 Å². The molecule has 2 aliphatic heterocycles. The minimum atomic E-state index is -2.76. The zero-order chi connectivity index (χ0) is 25.0. The number of fused-ring (bicyclic) bond motifs is 1. The fourth-order valence-electron chi connectivity index (χ4n) is 5.52. The van der Waals surface area contributed by atoms with Crippen LogP contribution in [0.4, 0.5) is 8.78 Å². The lowest BCUT2D eigenvalue weighted by Crippen LogP contribution is -2.50. The summed E-state index contributed by atoms with van der Waals surface area (Å²) in [4.78, 5) is 36.9. The van der Waals surface area contributed by atoms with Crippen molar-refractivity contribution in [1.82, 2.24) is 19.8 Å². The Bertz CT molecular complexity index is 1290. The number of amides is 2. The maximum Gasteiger partial charge on any atom is 0.312 e. The third-order valence-corrected chi connectivity index (χ3v) is 7.80. The highest BCUT2D eigenvalue weighted by Gasteiger charge is 2.56. The number of hydrogen-bond acceptors (Lipinski definition) is 3. The first-order valence-corrected chi connectivity index (χ1v) is 12.5. The number of carbonyl (C=O) groups excluding carboxylic acids is 2. The first-order chi connectivity index (χ1) is 17.3. The van der Waals surface area contributed by atoms with Crippen LogP contribution < -0.4 is 0 Å². The topological polar surface area (TPSA) is 69.3 Å². The predicted molar refractivity (Wildman–Crippen MR) is 131 cm³/mol. The Morgan fingerprint density at radius 3 is 2.19 bits per heavy atom. The number of hydrogen-bond donors (Lipinski definition) is 1. The van der Waals surface area contributed by atoms with Crippen molar-refractivity contribution in [1.29, 1.82) is 0 Å². The summed E-state index contributed by atoms with van der Waals surface area (Å²) in [6.45, 7) is 1.89. The van der Waals surface area contributed by atoms with Crippen molar-refractivity contribution in [2.75, 3.05) is 13.1 Å². The SMILES string of the molecule is Cc1ccc(-c2ccc(-c3cnc([C@@H]4C[C@@H]5CC5N4C(=O)C(=O)N4CCC(F)(F)CC4)[nH]3)cc2)cc1. The number of likely N-dealkylation sites (tertiary alicyclic amines) is 2. The van der Waals surface area contributed by atoms with Crippen LogP contribution in [0.15, 0.2) is 54.7 Å². The number of benzene rings is 2. The average Bonchev–Trinajstić information content (AvgIpc) is 3.29. The molecule has 1 aromatic heterocycles. The molecule has 1 aliphatic carbocycles. The van der Waals surface area contributed by atoms with Crippen LogP contribution in [0.3, 0.4) is 0 Å². The zero-order valence-corrected chi connectivity index (χ0v) is 20.1. The molecule has 3 atom stereocenters. The van der Waals surface area contributed by atoms with Crippen molar-refractivity contribution in [3.8, 4) is 22.4 Å². The van der Waals surface area contributed by atoms with Crippen LogP contribution in [0.2, 0.25) is 0 Å². The first kappa shape index (κ1) is 22.9. The fourth-order valence-corrected chi connectivity index (χ4v) is 5.52. The second-order valence-corrected chi connectivity index (χ2v) is 10.3. The predicted octanol–water partition coefficient (Wildman–Crippen LogP) is 4.97. The maximum absolute atomic E-state index is 13.5. The van der Waals surface area contributed by atoms with Gasteiger partial charge in [0.15, 0.2) is 0 Å². The molecule has 6 rings (SSSR count). The Balaban J connectivity index is 1.18. The van der Waals surface area contributed by atoms with Crippen LogP contribution in [0.25, 0.3) is 22.4 Å². The molecule has 186 valence electrons. The van der Waals surface area contributed by atoms with Gasteiger partial charge < -0.3 is 14.8 Å².